The van der Waals surface area contributed by atoms with Crippen LogP contribution in [0.3, 0.4) is 0 Å². The second kappa shape index (κ2) is 4.95. The summed E-state index contributed by atoms with van der Waals surface area (Å²) in [5.74, 6) is 0.128. The van der Waals surface area contributed by atoms with Crippen molar-refractivity contribution in [2.75, 3.05) is 6.61 Å². The van der Waals surface area contributed by atoms with Crippen molar-refractivity contribution in [2.24, 2.45) is 5.92 Å². The third kappa shape index (κ3) is 2.48. The second-order valence-electron chi connectivity index (χ2n) is 4.88. The lowest BCUT2D eigenvalue weighted by molar-refractivity contribution is 0.105. The summed E-state index contributed by atoms with van der Waals surface area (Å²) in [4.78, 5) is 0. The highest BCUT2D eigenvalue weighted by atomic mass is 35.5. The van der Waals surface area contributed by atoms with E-state index < -0.39 is 0 Å². The van der Waals surface area contributed by atoms with Crippen molar-refractivity contribution in [2.45, 2.75) is 38.7 Å². The van der Waals surface area contributed by atoms with Crippen molar-refractivity contribution in [3.05, 3.63) is 34.6 Å². The van der Waals surface area contributed by atoms with Gasteiger partial charge in [-0.25, -0.2) is 4.39 Å². The third-order valence-electron chi connectivity index (χ3n) is 3.65. The first-order valence-corrected chi connectivity index (χ1v) is 6.46. The number of rotatable bonds is 2. The Balaban J connectivity index is 2.33. The SMILES string of the molecule is Cc1cc(F)cc(C)c1C(Cl)C1CCOC1C. The van der Waals surface area contributed by atoms with Crippen LogP contribution in [0.2, 0.25) is 0 Å². The fourth-order valence-electron chi connectivity index (χ4n) is 2.70. The molecule has 2 rings (SSSR count). The lowest BCUT2D eigenvalue weighted by Crippen LogP contribution is -2.18. The standard InChI is InChI=1S/C14H18ClFO/c1-8-6-11(16)7-9(2)13(8)14(15)12-4-5-17-10(12)3/h6-7,10,12,14H,4-5H2,1-3H3. The van der Waals surface area contributed by atoms with Crippen LogP contribution in [-0.4, -0.2) is 12.7 Å². The molecule has 0 spiro atoms. The smallest absolute Gasteiger partial charge is 0.123 e. The molecule has 0 saturated carbocycles. The van der Waals surface area contributed by atoms with E-state index in [1.807, 2.05) is 13.8 Å². The van der Waals surface area contributed by atoms with Crippen LogP contribution in [0.15, 0.2) is 12.1 Å². The molecular formula is C14H18ClFO. The monoisotopic (exact) mass is 256 g/mol. The van der Waals surface area contributed by atoms with Crippen molar-refractivity contribution in [3.8, 4) is 0 Å². The average Bonchev–Trinajstić information content (AvgIpc) is 2.62. The lowest BCUT2D eigenvalue weighted by atomic mass is 9.88. The van der Waals surface area contributed by atoms with Gasteiger partial charge in [-0.3, -0.25) is 0 Å². The topological polar surface area (TPSA) is 9.23 Å². The van der Waals surface area contributed by atoms with Gasteiger partial charge in [0.1, 0.15) is 5.82 Å². The van der Waals surface area contributed by atoms with E-state index in [1.165, 1.54) is 0 Å². The van der Waals surface area contributed by atoms with Crippen molar-refractivity contribution < 1.29 is 9.13 Å². The van der Waals surface area contributed by atoms with Gasteiger partial charge < -0.3 is 4.74 Å². The first kappa shape index (κ1) is 12.8. The first-order valence-electron chi connectivity index (χ1n) is 6.03. The minimum absolute atomic E-state index is 0.0897. The molecule has 1 heterocycles. The van der Waals surface area contributed by atoms with Crippen LogP contribution in [-0.2, 0) is 4.74 Å². The van der Waals surface area contributed by atoms with Gasteiger partial charge in [0.25, 0.3) is 0 Å². The fraction of sp³-hybridized carbons (Fsp3) is 0.571. The number of aryl methyl sites for hydroxylation is 2. The molecule has 3 unspecified atom stereocenters. The lowest BCUT2D eigenvalue weighted by Gasteiger charge is -2.23. The molecule has 0 amide bonds. The molecular weight excluding hydrogens is 239 g/mol. The van der Waals surface area contributed by atoms with Crippen LogP contribution >= 0.6 is 11.6 Å². The second-order valence-corrected chi connectivity index (χ2v) is 5.35. The molecule has 1 nitrogen and oxygen atoms in total. The molecule has 1 aliphatic rings. The van der Waals surface area contributed by atoms with Crippen LogP contribution in [0.4, 0.5) is 4.39 Å². The van der Waals surface area contributed by atoms with Gasteiger partial charge in [-0.2, -0.15) is 0 Å². The predicted octanol–water partition coefficient (Wildman–Crippen LogP) is 4.15. The van der Waals surface area contributed by atoms with Crippen molar-refractivity contribution in [3.63, 3.8) is 0 Å². The maximum atomic E-state index is 13.3. The zero-order valence-electron chi connectivity index (χ0n) is 10.5. The van der Waals surface area contributed by atoms with Crippen molar-refractivity contribution >= 4 is 11.6 Å². The van der Waals surface area contributed by atoms with Crippen LogP contribution in [0.5, 0.6) is 0 Å². The van der Waals surface area contributed by atoms with Gasteiger partial charge in [0.2, 0.25) is 0 Å². The summed E-state index contributed by atoms with van der Waals surface area (Å²) < 4.78 is 18.8. The zero-order chi connectivity index (χ0) is 12.6. The van der Waals surface area contributed by atoms with Gasteiger partial charge in [0, 0.05) is 12.5 Å². The van der Waals surface area contributed by atoms with Crippen LogP contribution in [0.25, 0.3) is 0 Å². The molecule has 3 heteroatoms. The molecule has 1 fully saturated rings. The molecule has 0 N–H and O–H groups in total. The molecule has 0 aromatic heterocycles. The number of benzene rings is 1. The summed E-state index contributed by atoms with van der Waals surface area (Å²) in [7, 11) is 0. The van der Waals surface area contributed by atoms with E-state index in [-0.39, 0.29) is 17.3 Å². The Bertz CT molecular complexity index is 396. The Morgan fingerprint density at radius 2 is 1.94 bits per heavy atom. The van der Waals surface area contributed by atoms with Gasteiger partial charge in [-0.05, 0) is 56.0 Å². The normalized spacial score (nSPS) is 26.2. The fourth-order valence-corrected chi connectivity index (χ4v) is 3.38. The van der Waals surface area contributed by atoms with Gasteiger partial charge in [0.05, 0.1) is 11.5 Å². The zero-order valence-corrected chi connectivity index (χ0v) is 11.2. The number of ether oxygens (including phenoxy) is 1. The van der Waals surface area contributed by atoms with Gasteiger partial charge in [-0.1, -0.05) is 0 Å². The quantitative estimate of drug-likeness (QED) is 0.723. The number of hydrogen-bond acceptors (Lipinski definition) is 1. The minimum atomic E-state index is -0.191. The molecule has 0 bridgehead atoms. The van der Waals surface area contributed by atoms with E-state index in [1.54, 1.807) is 12.1 Å². The summed E-state index contributed by atoms with van der Waals surface area (Å²) in [5.41, 5.74) is 2.93. The average molecular weight is 257 g/mol. The summed E-state index contributed by atoms with van der Waals surface area (Å²) in [5, 5.41) is -0.0897. The molecule has 17 heavy (non-hydrogen) atoms. The number of hydrogen-bond donors (Lipinski definition) is 0. The Kier molecular flexibility index (Phi) is 3.74. The molecule has 94 valence electrons. The van der Waals surface area contributed by atoms with Crippen LogP contribution < -0.4 is 0 Å². The third-order valence-corrected chi connectivity index (χ3v) is 4.19. The van der Waals surface area contributed by atoms with E-state index >= 15 is 0 Å². The number of alkyl halides is 1. The Labute approximate surface area is 107 Å². The van der Waals surface area contributed by atoms with Gasteiger partial charge in [0.15, 0.2) is 0 Å². The maximum absolute atomic E-state index is 13.3. The molecule has 1 aromatic rings. The van der Waals surface area contributed by atoms with E-state index in [9.17, 15) is 4.39 Å². The molecule has 0 aliphatic carbocycles. The summed E-state index contributed by atoms with van der Waals surface area (Å²) in [6, 6.07) is 3.11. The largest absolute Gasteiger partial charge is 0.378 e. The van der Waals surface area contributed by atoms with E-state index in [0.29, 0.717) is 5.92 Å². The maximum Gasteiger partial charge on any atom is 0.123 e. The van der Waals surface area contributed by atoms with Crippen LogP contribution in [0.1, 0.15) is 35.4 Å². The van der Waals surface area contributed by atoms with E-state index in [2.05, 4.69) is 6.92 Å². The number of halogens is 2. The Morgan fingerprint density at radius 1 is 1.35 bits per heavy atom. The van der Waals surface area contributed by atoms with Crippen molar-refractivity contribution in [1.29, 1.82) is 0 Å². The highest BCUT2D eigenvalue weighted by Crippen LogP contribution is 2.40. The minimum Gasteiger partial charge on any atom is -0.378 e. The highest BCUT2D eigenvalue weighted by molar-refractivity contribution is 6.21. The summed E-state index contributed by atoms with van der Waals surface area (Å²) >= 11 is 6.57. The summed E-state index contributed by atoms with van der Waals surface area (Å²) in [6.07, 6.45) is 1.16. The van der Waals surface area contributed by atoms with E-state index in [0.717, 1.165) is 29.7 Å². The van der Waals surface area contributed by atoms with Crippen LogP contribution in [0, 0.1) is 25.6 Å². The van der Waals surface area contributed by atoms with Gasteiger partial charge >= 0.3 is 0 Å². The van der Waals surface area contributed by atoms with Crippen molar-refractivity contribution in [1.82, 2.24) is 0 Å². The molecule has 0 radical (unpaired) electrons. The van der Waals surface area contributed by atoms with Gasteiger partial charge in [-0.15, -0.1) is 11.6 Å². The Morgan fingerprint density at radius 3 is 2.41 bits per heavy atom. The molecule has 1 aromatic carbocycles. The Hall–Kier alpha value is -0.600. The molecule has 1 saturated heterocycles. The first-order chi connectivity index (χ1) is 8.00. The highest BCUT2D eigenvalue weighted by Gasteiger charge is 2.33. The molecule has 3 atom stereocenters. The predicted molar refractivity (Wildman–Crippen MR) is 68.0 cm³/mol. The van der Waals surface area contributed by atoms with E-state index in [4.69, 9.17) is 16.3 Å². The summed E-state index contributed by atoms with van der Waals surface area (Å²) in [6.45, 7) is 6.66. The molecule has 1 aliphatic heterocycles.